The summed E-state index contributed by atoms with van der Waals surface area (Å²) < 4.78 is 46.8. The molecule has 0 radical (unpaired) electrons. The minimum Gasteiger partial charge on any atom is -0.493 e. The Bertz CT molecular complexity index is 2120. The van der Waals surface area contributed by atoms with Crippen LogP contribution in [-0.4, -0.2) is 129 Å². The van der Waals surface area contributed by atoms with E-state index >= 15 is 0 Å². The van der Waals surface area contributed by atoms with Crippen molar-refractivity contribution < 1.29 is 32.5 Å². The summed E-state index contributed by atoms with van der Waals surface area (Å²) >= 11 is 0. The molecule has 13 heteroatoms. The lowest BCUT2D eigenvalue weighted by molar-refractivity contribution is -0.139. The number of methoxy groups -OCH3 is 2. The predicted octanol–water partition coefficient (Wildman–Crippen LogP) is 4.30. The molecule has 0 spiro atoms. The van der Waals surface area contributed by atoms with Crippen molar-refractivity contribution in [1.82, 2.24) is 24.0 Å². The van der Waals surface area contributed by atoms with E-state index in [1.807, 2.05) is 71.6 Å². The van der Waals surface area contributed by atoms with Crippen LogP contribution in [0.1, 0.15) is 17.2 Å². The number of pyridine rings is 1. The molecule has 1 N–H and O–H groups in total. The van der Waals surface area contributed by atoms with Gasteiger partial charge in [0.05, 0.1) is 30.7 Å². The van der Waals surface area contributed by atoms with E-state index in [2.05, 4.69) is 34.1 Å². The molecule has 55 heavy (non-hydrogen) atoms. The molecule has 5 aromatic rings. The molecule has 2 fully saturated rings. The molecule has 1 unspecified atom stereocenters. The normalized spacial score (nSPS) is 18.0. The van der Waals surface area contributed by atoms with Gasteiger partial charge in [-0.05, 0) is 47.5 Å². The molecule has 2 atom stereocenters. The Kier molecular flexibility index (Phi) is 11.9. The Balaban J connectivity index is 1.09. The van der Waals surface area contributed by atoms with Crippen molar-refractivity contribution in [3.8, 4) is 17.2 Å². The van der Waals surface area contributed by atoms with Crippen LogP contribution in [0.3, 0.4) is 0 Å². The second-order valence-electron chi connectivity index (χ2n) is 13.8. The van der Waals surface area contributed by atoms with Gasteiger partial charge in [0.25, 0.3) is 0 Å². The topological polar surface area (TPSA) is 125 Å². The van der Waals surface area contributed by atoms with Crippen molar-refractivity contribution in [1.29, 1.82) is 0 Å². The number of aromatic nitrogens is 1. The van der Waals surface area contributed by atoms with Gasteiger partial charge in [0.2, 0.25) is 15.9 Å². The second-order valence-corrected chi connectivity index (χ2v) is 15.7. The summed E-state index contributed by atoms with van der Waals surface area (Å²) in [6.07, 6.45) is 0.823. The van der Waals surface area contributed by atoms with Crippen LogP contribution in [0.2, 0.25) is 0 Å². The number of hydrogen-bond acceptors (Lipinski definition) is 10. The highest BCUT2D eigenvalue weighted by molar-refractivity contribution is 7.89. The molecule has 3 heterocycles. The molecule has 0 saturated carbocycles. The van der Waals surface area contributed by atoms with Crippen LogP contribution < -0.4 is 14.2 Å². The number of sulfonamides is 1. The summed E-state index contributed by atoms with van der Waals surface area (Å²) in [5.74, 6) is 1.03. The van der Waals surface area contributed by atoms with E-state index in [0.717, 1.165) is 10.9 Å². The SMILES string of the molecule is COc1ccc(S(=O)(=O)N2CCN(C[C@H](O)COc3cccc4ncccc34)CC2C(=O)N2CCN(C(c3ccccc3)c3ccccc3)CC2)cc1OC. The highest BCUT2D eigenvalue weighted by Gasteiger charge is 2.43. The molecule has 7 rings (SSSR count). The summed E-state index contributed by atoms with van der Waals surface area (Å²) in [5.41, 5.74) is 3.13. The standard InChI is InChI=1S/C42H47N5O7S/c1-52-39-19-18-34(27-40(39)53-2)55(50,51)47-26-21-44(28-33(48)30-54-38-17-9-16-36-35(38)15-10-20-43-36)29-37(47)42(49)46-24-22-45(23-25-46)41(31-11-5-3-6-12-31)32-13-7-4-8-14-32/h3-20,27,33,37,41,48H,21-26,28-30H2,1-2H3/t33-,37?/m0/s1. The fraction of sp³-hybridized carbons (Fsp3) is 0.333. The van der Waals surface area contributed by atoms with Gasteiger partial charge in [-0.1, -0.05) is 66.7 Å². The lowest BCUT2D eigenvalue weighted by Crippen LogP contribution is -2.63. The minimum absolute atomic E-state index is 0.00722. The van der Waals surface area contributed by atoms with Crippen molar-refractivity contribution >= 4 is 26.8 Å². The van der Waals surface area contributed by atoms with E-state index in [4.69, 9.17) is 14.2 Å². The van der Waals surface area contributed by atoms with Crippen LogP contribution in [0.15, 0.2) is 120 Å². The molecule has 2 saturated heterocycles. The van der Waals surface area contributed by atoms with Gasteiger partial charge < -0.3 is 24.2 Å². The van der Waals surface area contributed by atoms with Crippen LogP contribution in [0, 0.1) is 0 Å². The van der Waals surface area contributed by atoms with E-state index in [9.17, 15) is 18.3 Å². The number of fused-ring (bicyclic) bond motifs is 1. The molecule has 12 nitrogen and oxygen atoms in total. The summed E-state index contributed by atoms with van der Waals surface area (Å²) in [4.78, 5) is 25.1. The summed E-state index contributed by atoms with van der Waals surface area (Å²) in [6.45, 7) is 2.78. The zero-order valence-corrected chi connectivity index (χ0v) is 31.9. The molecule has 1 amide bonds. The van der Waals surface area contributed by atoms with Gasteiger partial charge in [-0.3, -0.25) is 19.6 Å². The third-order valence-electron chi connectivity index (χ3n) is 10.4. The first-order valence-electron chi connectivity index (χ1n) is 18.5. The Morgan fingerprint density at radius 1 is 0.782 bits per heavy atom. The molecule has 2 aliphatic rings. The number of rotatable bonds is 13. The lowest BCUT2D eigenvalue weighted by Gasteiger charge is -2.44. The molecular formula is C42H47N5O7S. The number of carbonyl (C=O) groups excluding carboxylic acids is 1. The van der Waals surface area contributed by atoms with Crippen molar-refractivity contribution in [2.24, 2.45) is 0 Å². The Labute approximate surface area is 322 Å². The van der Waals surface area contributed by atoms with Crippen molar-refractivity contribution in [3.05, 3.63) is 127 Å². The van der Waals surface area contributed by atoms with Crippen molar-refractivity contribution in [2.75, 3.05) is 73.2 Å². The Hall–Kier alpha value is -5.05. The monoisotopic (exact) mass is 765 g/mol. The third-order valence-corrected chi connectivity index (χ3v) is 12.3. The van der Waals surface area contributed by atoms with Crippen molar-refractivity contribution in [3.63, 3.8) is 0 Å². The zero-order chi connectivity index (χ0) is 38.4. The number of hydrogen-bond donors (Lipinski definition) is 1. The number of piperazine rings is 2. The maximum absolute atomic E-state index is 14.6. The van der Waals surface area contributed by atoms with Gasteiger partial charge in [-0.15, -0.1) is 0 Å². The average Bonchev–Trinajstić information content (AvgIpc) is 3.23. The molecule has 288 valence electrons. The number of ether oxygens (including phenoxy) is 3. The second kappa shape index (κ2) is 17.2. The number of nitrogens with zero attached hydrogens (tertiary/aromatic N) is 5. The smallest absolute Gasteiger partial charge is 0.244 e. The zero-order valence-electron chi connectivity index (χ0n) is 31.1. The van der Waals surface area contributed by atoms with Gasteiger partial charge in [0.1, 0.15) is 24.5 Å². The van der Waals surface area contributed by atoms with Gasteiger partial charge in [-0.25, -0.2) is 8.42 Å². The molecule has 0 bridgehead atoms. The highest BCUT2D eigenvalue weighted by atomic mass is 32.2. The Morgan fingerprint density at radius 2 is 1.47 bits per heavy atom. The van der Waals surface area contributed by atoms with Gasteiger partial charge in [-0.2, -0.15) is 4.31 Å². The lowest BCUT2D eigenvalue weighted by atomic mass is 9.96. The number of aliphatic hydroxyl groups is 1. The van der Waals surface area contributed by atoms with E-state index in [1.54, 1.807) is 17.2 Å². The summed E-state index contributed by atoms with van der Waals surface area (Å²) in [5, 5.41) is 12.0. The summed E-state index contributed by atoms with van der Waals surface area (Å²) in [6, 6.07) is 33.5. The number of β-amino-alcohol motifs (C(OH)–C–C–N with tert-alkyl or cyclic N) is 1. The van der Waals surface area contributed by atoms with E-state index in [-0.39, 0.29) is 48.8 Å². The quantitative estimate of drug-likeness (QED) is 0.186. The molecule has 1 aromatic heterocycles. The number of amides is 1. The molecule has 2 aliphatic heterocycles. The fourth-order valence-corrected chi connectivity index (χ4v) is 9.20. The number of carbonyl (C=O) groups is 1. The van der Waals surface area contributed by atoms with Crippen LogP contribution in [-0.2, 0) is 14.8 Å². The van der Waals surface area contributed by atoms with Crippen molar-refractivity contribution in [2.45, 2.75) is 23.1 Å². The van der Waals surface area contributed by atoms with Gasteiger partial charge in [0, 0.05) is 70.0 Å². The predicted molar refractivity (Wildman–Crippen MR) is 210 cm³/mol. The highest BCUT2D eigenvalue weighted by Crippen LogP contribution is 2.33. The third kappa shape index (κ3) is 8.46. The summed E-state index contributed by atoms with van der Waals surface area (Å²) in [7, 11) is -1.21. The largest absolute Gasteiger partial charge is 0.493 e. The minimum atomic E-state index is -4.15. The van der Waals surface area contributed by atoms with Crippen LogP contribution in [0.5, 0.6) is 17.2 Å². The molecule has 4 aromatic carbocycles. The van der Waals surface area contributed by atoms with E-state index in [1.165, 1.54) is 41.8 Å². The first-order valence-corrected chi connectivity index (χ1v) is 19.9. The average molecular weight is 766 g/mol. The van der Waals surface area contributed by atoms with E-state index < -0.39 is 22.2 Å². The maximum atomic E-state index is 14.6. The fourth-order valence-electron chi connectivity index (χ4n) is 7.62. The van der Waals surface area contributed by atoms with Crippen LogP contribution in [0.25, 0.3) is 10.9 Å². The maximum Gasteiger partial charge on any atom is 0.244 e. The van der Waals surface area contributed by atoms with Gasteiger partial charge >= 0.3 is 0 Å². The molecular weight excluding hydrogens is 719 g/mol. The first kappa shape index (κ1) is 38.2. The Morgan fingerprint density at radius 3 is 2.15 bits per heavy atom. The number of aliphatic hydroxyl groups excluding tert-OH is 1. The van der Waals surface area contributed by atoms with Crippen LogP contribution in [0.4, 0.5) is 0 Å². The van der Waals surface area contributed by atoms with Gasteiger partial charge in [0.15, 0.2) is 11.5 Å². The van der Waals surface area contributed by atoms with E-state index in [0.29, 0.717) is 44.2 Å². The molecule has 0 aliphatic carbocycles. The first-order chi connectivity index (χ1) is 26.8. The van der Waals surface area contributed by atoms with Crippen LogP contribution >= 0.6 is 0 Å². The number of benzene rings is 4.